The van der Waals surface area contributed by atoms with Crippen molar-refractivity contribution in [2.75, 3.05) is 13.7 Å². The van der Waals surface area contributed by atoms with Gasteiger partial charge in [-0.05, 0) is 79.6 Å². The van der Waals surface area contributed by atoms with Crippen molar-refractivity contribution in [2.24, 2.45) is 0 Å². The van der Waals surface area contributed by atoms with Crippen molar-refractivity contribution in [3.05, 3.63) is 88.5 Å². The maximum Gasteiger partial charge on any atom is 0.146 e. The Morgan fingerprint density at radius 2 is 1.76 bits per heavy atom. The van der Waals surface area contributed by atoms with Crippen LogP contribution in [0.4, 0.5) is 0 Å². The molecular formula is C31H35NO2. The molecule has 1 atom stereocenters. The largest absolute Gasteiger partial charge is 0.496 e. The van der Waals surface area contributed by atoms with Gasteiger partial charge in [0.25, 0.3) is 0 Å². The second-order valence-corrected chi connectivity index (χ2v) is 9.33. The van der Waals surface area contributed by atoms with Crippen LogP contribution in [-0.4, -0.2) is 30.4 Å². The number of benzene rings is 3. The van der Waals surface area contributed by atoms with Crippen molar-refractivity contribution >= 4 is 17.9 Å². The number of ether oxygens (including phenoxy) is 1. The molecular weight excluding hydrogens is 418 g/mol. The molecule has 34 heavy (non-hydrogen) atoms. The summed E-state index contributed by atoms with van der Waals surface area (Å²) in [6, 6.07) is 21.4. The molecule has 176 valence electrons. The van der Waals surface area contributed by atoms with Gasteiger partial charge in [0.15, 0.2) is 0 Å². The van der Waals surface area contributed by atoms with Crippen molar-refractivity contribution in [2.45, 2.75) is 52.6 Å². The number of ketones is 1. The summed E-state index contributed by atoms with van der Waals surface area (Å²) < 4.78 is 5.79. The number of rotatable bonds is 7. The van der Waals surface area contributed by atoms with Gasteiger partial charge in [0.2, 0.25) is 0 Å². The number of carbonyl (C=O) groups is 1. The summed E-state index contributed by atoms with van der Waals surface area (Å²) in [6.45, 7) is 7.76. The van der Waals surface area contributed by atoms with Crippen LogP contribution in [0.2, 0.25) is 0 Å². The van der Waals surface area contributed by atoms with Gasteiger partial charge in [-0.1, -0.05) is 73.2 Å². The first-order chi connectivity index (χ1) is 16.5. The minimum Gasteiger partial charge on any atom is -0.496 e. The van der Waals surface area contributed by atoms with Crippen LogP contribution in [0.25, 0.3) is 23.3 Å². The molecule has 0 saturated carbocycles. The van der Waals surface area contributed by atoms with E-state index in [1.807, 2.05) is 6.07 Å². The lowest BCUT2D eigenvalue weighted by atomic mass is 9.95. The molecule has 1 aliphatic rings. The summed E-state index contributed by atoms with van der Waals surface area (Å²) in [7, 11) is 1.73. The van der Waals surface area contributed by atoms with Crippen molar-refractivity contribution in [1.82, 2.24) is 4.90 Å². The molecule has 1 saturated heterocycles. The molecule has 1 fully saturated rings. The number of likely N-dealkylation sites (tertiary alicyclic amines) is 1. The Kier molecular flexibility index (Phi) is 7.64. The highest BCUT2D eigenvalue weighted by molar-refractivity contribution is 5.81. The minimum atomic E-state index is 0.0261. The third kappa shape index (κ3) is 5.31. The van der Waals surface area contributed by atoms with Gasteiger partial charge in [0.05, 0.1) is 13.2 Å². The van der Waals surface area contributed by atoms with Gasteiger partial charge in [0, 0.05) is 12.1 Å². The summed E-state index contributed by atoms with van der Waals surface area (Å²) >= 11 is 0. The number of methoxy groups -OCH3 is 1. The van der Waals surface area contributed by atoms with E-state index >= 15 is 0 Å². The van der Waals surface area contributed by atoms with E-state index in [-0.39, 0.29) is 11.8 Å². The average Bonchev–Trinajstić information content (AvgIpc) is 2.85. The number of Topliss-reactive ketones (excluding diaryl/α,β-unsaturated/α-hetero) is 1. The lowest BCUT2D eigenvalue weighted by molar-refractivity contribution is -0.123. The van der Waals surface area contributed by atoms with Crippen molar-refractivity contribution in [3.8, 4) is 16.9 Å². The van der Waals surface area contributed by atoms with Crippen LogP contribution in [-0.2, 0) is 11.3 Å². The smallest absolute Gasteiger partial charge is 0.146 e. The number of hydrogen-bond acceptors (Lipinski definition) is 3. The maximum absolute atomic E-state index is 12.2. The summed E-state index contributed by atoms with van der Waals surface area (Å²) in [5.74, 6) is 1.15. The van der Waals surface area contributed by atoms with Crippen molar-refractivity contribution < 1.29 is 9.53 Å². The van der Waals surface area contributed by atoms with Crippen LogP contribution < -0.4 is 4.74 Å². The predicted octanol–water partition coefficient (Wildman–Crippen LogP) is 7.09. The highest BCUT2D eigenvalue weighted by Crippen LogP contribution is 2.30. The van der Waals surface area contributed by atoms with E-state index in [4.69, 9.17) is 4.74 Å². The number of nitrogens with zero attached hydrogens (tertiary/aromatic N) is 1. The second-order valence-electron chi connectivity index (χ2n) is 9.33. The molecule has 3 aromatic rings. The number of piperidine rings is 1. The lowest BCUT2D eigenvalue weighted by Gasteiger charge is -2.34. The molecule has 0 unspecified atom stereocenters. The summed E-state index contributed by atoms with van der Waals surface area (Å²) in [4.78, 5) is 14.5. The first kappa shape index (κ1) is 24.0. The molecule has 0 radical (unpaired) electrons. The lowest BCUT2D eigenvalue weighted by Crippen LogP contribution is -2.43. The number of aryl methyl sites for hydroxylation is 1. The average molecular weight is 454 g/mol. The third-order valence-electron chi connectivity index (χ3n) is 7.03. The molecule has 3 heteroatoms. The molecule has 0 bridgehead atoms. The molecule has 3 aromatic carbocycles. The Labute approximate surface area is 204 Å². The Bertz CT molecular complexity index is 1180. The summed E-state index contributed by atoms with van der Waals surface area (Å²) in [5.41, 5.74) is 8.47. The zero-order chi connectivity index (χ0) is 24.1. The summed E-state index contributed by atoms with van der Waals surface area (Å²) in [6.07, 6.45) is 7.61. The van der Waals surface area contributed by atoms with E-state index in [1.165, 1.54) is 27.8 Å². The summed E-state index contributed by atoms with van der Waals surface area (Å²) in [5, 5.41) is 0. The minimum absolute atomic E-state index is 0.0261. The predicted molar refractivity (Wildman–Crippen MR) is 142 cm³/mol. The van der Waals surface area contributed by atoms with Crippen LogP contribution in [0.5, 0.6) is 5.75 Å². The van der Waals surface area contributed by atoms with Crippen molar-refractivity contribution in [3.63, 3.8) is 0 Å². The van der Waals surface area contributed by atoms with Crippen LogP contribution in [0, 0.1) is 13.8 Å². The second kappa shape index (κ2) is 10.8. The zero-order valence-corrected chi connectivity index (χ0v) is 20.8. The van der Waals surface area contributed by atoms with E-state index < -0.39 is 0 Å². The highest BCUT2D eigenvalue weighted by atomic mass is 16.5. The third-order valence-corrected chi connectivity index (χ3v) is 7.03. The van der Waals surface area contributed by atoms with E-state index in [9.17, 15) is 4.79 Å². The SMILES string of the molecule is COc1cc(/C=C/c2cccc(-c3ccccc3)c2C)c(C)cc1CN1CCCC[C@@H]1C(C)=O. The molecule has 0 aromatic heterocycles. The topological polar surface area (TPSA) is 29.5 Å². The number of hydrogen-bond donors (Lipinski definition) is 0. The van der Waals surface area contributed by atoms with Crippen LogP contribution >= 0.6 is 0 Å². The Hall–Kier alpha value is -3.17. The monoisotopic (exact) mass is 453 g/mol. The Morgan fingerprint density at radius 3 is 2.50 bits per heavy atom. The van der Waals surface area contributed by atoms with Crippen LogP contribution in [0.3, 0.4) is 0 Å². The fourth-order valence-corrected chi connectivity index (χ4v) is 5.06. The molecule has 1 heterocycles. The van der Waals surface area contributed by atoms with E-state index in [2.05, 4.69) is 85.5 Å². The molecule has 0 aliphatic carbocycles. The van der Waals surface area contributed by atoms with Gasteiger partial charge in [0.1, 0.15) is 11.5 Å². The molecule has 0 N–H and O–H groups in total. The Balaban J connectivity index is 1.60. The fourth-order valence-electron chi connectivity index (χ4n) is 5.06. The van der Waals surface area contributed by atoms with Gasteiger partial charge >= 0.3 is 0 Å². The first-order valence-corrected chi connectivity index (χ1v) is 12.2. The van der Waals surface area contributed by atoms with Crippen molar-refractivity contribution in [1.29, 1.82) is 0 Å². The van der Waals surface area contributed by atoms with Gasteiger partial charge in [-0.2, -0.15) is 0 Å². The van der Waals surface area contributed by atoms with Crippen LogP contribution in [0.15, 0.2) is 60.7 Å². The highest BCUT2D eigenvalue weighted by Gasteiger charge is 2.26. The van der Waals surface area contributed by atoms with Gasteiger partial charge < -0.3 is 4.74 Å². The Morgan fingerprint density at radius 1 is 1.00 bits per heavy atom. The maximum atomic E-state index is 12.2. The molecule has 0 amide bonds. The molecule has 0 spiro atoms. The van der Waals surface area contributed by atoms with E-state index in [1.54, 1.807) is 14.0 Å². The zero-order valence-electron chi connectivity index (χ0n) is 20.8. The standard InChI is InChI=1S/C31H35NO2/c1-22-19-28(21-32-18-9-8-15-30(32)24(3)33)31(34-4)20-27(22)17-16-25-13-10-14-29(23(25)2)26-11-6-5-7-12-26/h5-7,10-14,16-17,19-20,30H,8-9,15,18,21H2,1-4H3/b17-16+/t30-/m1/s1. The molecule has 4 rings (SSSR count). The van der Waals surface area contributed by atoms with E-state index in [0.717, 1.165) is 49.2 Å². The van der Waals surface area contributed by atoms with Crippen LogP contribution in [0.1, 0.15) is 54.0 Å². The quantitative estimate of drug-likeness (QED) is 0.358. The normalized spacial score (nSPS) is 16.6. The number of carbonyl (C=O) groups excluding carboxylic acids is 1. The van der Waals surface area contributed by atoms with Gasteiger partial charge in [-0.15, -0.1) is 0 Å². The van der Waals surface area contributed by atoms with E-state index in [0.29, 0.717) is 0 Å². The molecule has 1 aliphatic heterocycles. The van der Waals surface area contributed by atoms with Gasteiger partial charge in [-0.25, -0.2) is 0 Å². The molecule has 3 nitrogen and oxygen atoms in total. The van der Waals surface area contributed by atoms with Gasteiger partial charge in [-0.3, -0.25) is 9.69 Å². The fraction of sp³-hybridized carbons (Fsp3) is 0.323. The first-order valence-electron chi connectivity index (χ1n) is 12.2.